The van der Waals surface area contributed by atoms with Crippen molar-refractivity contribution in [3.63, 3.8) is 0 Å². The number of rotatable bonds is 5. The van der Waals surface area contributed by atoms with Crippen LogP contribution >= 0.6 is 0 Å². The van der Waals surface area contributed by atoms with E-state index in [1.165, 1.54) is 0 Å². The summed E-state index contributed by atoms with van der Waals surface area (Å²) >= 11 is 0. The standard InChI is InChI=1S/C20H17NO5S/c1-14-2-9-18(10-3-14)27(22,23)21-15-4-6-16(7-5-15)26-17-8-11-19-20(12-17)25-13-24-19/h2-12,21H,13H2,1H3. The predicted octanol–water partition coefficient (Wildman–Crippen LogP) is 4.32. The summed E-state index contributed by atoms with van der Waals surface area (Å²) in [5.41, 5.74) is 1.45. The van der Waals surface area contributed by atoms with Gasteiger partial charge in [0, 0.05) is 11.8 Å². The van der Waals surface area contributed by atoms with Crippen LogP contribution in [0, 0.1) is 6.92 Å². The lowest BCUT2D eigenvalue weighted by Gasteiger charge is -2.10. The van der Waals surface area contributed by atoms with Crippen LogP contribution in [0.3, 0.4) is 0 Å². The molecule has 1 N–H and O–H groups in total. The summed E-state index contributed by atoms with van der Waals surface area (Å²) in [5.74, 6) is 2.50. The van der Waals surface area contributed by atoms with Gasteiger partial charge >= 0.3 is 0 Å². The van der Waals surface area contributed by atoms with E-state index in [-0.39, 0.29) is 11.7 Å². The Morgan fingerprint density at radius 1 is 0.852 bits per heavy atom. The third-order valence-electron chi connectivity index (χ3n) is 4.02. The summed E-state index contributed by atoms with van der Waals surface area (Å²) in [6, 6.07) is 18.7. The zero-order chi connectivity index (χ0) is 18.9. The van der Waals surface area contributed by atoms with E-state index < -0.39 is 10.0 Å². The summed E-state index contributed by atoms with van der Waals surface area (Å²) in [7, 11) is -3.63. The molecular weight excluding hydrogens is 366 g/mol. The smallest absolute Gasteiger partial charge is 0.261 e. The average Bonchev–Trinajstić information content (AvgIpc) is 3.11. The molecule has 0 unspecified atom stereocenters. The van der Waals surface area contributed by atoms with Gasteiger partial charge in [-0.05, 0) is 55.5 Å². The number of fused-ring (bicyclic) bond motifs is 1. The van der Waals surface area contributed by atoms with Gasteiger partial charge in [-0.1, -0.05) is 17.7 Å². The maximum Gasteiger partial charge on any atom is 0.261 e. The Kier molecular flexibility index (Phi) is 4.37. The van der Waals surface area contributed by atoms with E-state index in [0.29, 0.717) is 28.7 Å². The Labute approximate surface area is 157 Å². The van der Waals surface area contributed by atoms with Crippen molar-refractivity contribution in [2.75, 3.05) is 11.5 Å². The molecule has 4 rings (SSSR count). The molecule has 3 aromatic carbocycles. The number of hydrogen-bond acceptors (Lipinski definition) is 5. The van der Waals surface area contributed by atoms with Gasteiger partial charge in [-0.25, -0.2) is 8.42 Å². The molecule has 0 saturated heterocycles. The van der Waals surface area contributed by atoms with Crippen LogP contribution < -0.4 is 18.9 Å². The molecule has 27 heavy (non-hydrogen) atoms. The number of ether oxygens (including phenoxy) is 3. The lowest BCUT2D eigenvalue weighted by Crippen LogP contribution is -2.12. The monoisotopic (exact) mass is 383 g/mol. The molecule has 1 heterocycles. The molecule has 0 spiro atoms. The van der Waals surface area contributed by atoms with E-state index in [4.69, 9.17) is 14.2 Å². The van der Waals surface area contributed by atoms with Gasteiger partial charge in [0.15, 0.2) is 11.5 Å². The van der Waals surface area contributed by atoms with Gasteiger partial charge in [0.2, 0.25) is 6.79 Å². The summed E-state index contributed by atoms with van der Waals surface area (Å²) in [5, 5.41) is 0. The molecule has 6 nitrogen and oxygen atoms in total. The maximum atomic E-state index is 12.4. The van der Waals surface area contributed by atoms with Crippen molar-refractivity contribution in [3.05, 3.63) is 72.3 Å². The van der Waals surface area contributed by atoms with Gasteiger partial charge < -0.3 is 14.2 Å². The number of aryl methyl sites for hydroxylation is 1. The first-order valence-electron chi connectivity index (χ1n) is 8.27. The van der Waals surface area contributed by atoms with Crippen LogP contribution in [0.5, 0.6) is 23.0 Å². The predicted molar refractivity (Wildman–Crippen MR) is 101 cm³/mol. The van der Waals surface area contributed by atoms with Crippen molar-refractivity contribution in [1.82, 2.24) is 0 Å². The van der Waals surface area contributed by atoms with Crippen molar-refractivity contribution in [2.45, 2.75) is 11.8 Å². The van der Waals surface area contributed by atoms with Gasteiger partial charge in [-0.15, -0.1) is 0 Å². The quantitative estimate of drug-likeness (QED) is 0.710. The van der Waals surface area contributed by atoms with Crippen LogP contribution in [0.15, 0.2) is 71.6 Å². The summed E-state index contributed by atoms with van der Waals surface area (Å²) < 4.78 is 43.8. The first kappa shape index (κ1) is 17.2. The van der Waals surface area contributed by atoms with Crippen LogP contribution in [0.25, 0.3) is 0 Å². The van der Waals surface area contributed by atoms with Crippen molar-refractivity contribution >= 4 is 15.7 Å². The summed E-state index contributed by atoms with van der Waals surface area (Å²) in [4.78, 5) is 0.216. The van der Waals surface area contributed by atoms with E-state index >= 15 is 0 Å². The molecule has 0 amide bonds. The first-order chi connectivity index (χ1) is 13.0. The lowest BCUT2D eigenvalue weighted by molar-refractivity contribution is 0.174. The highest BCUT2D eigenvalue weighted by Crippen LogP contribution is 2.36. The highest BCUT2D eigenvalue weighted by molar-refractivity contribution is 7.92. The fourth-order valence-electron chi connectivity index (χ4n) is 2.60. The van der Waals surface area contributed by atoms with E-state index in [9.17, 15) is 8.42 Å². The second-order valence-corrected chi connectivity index (χ2v) is 7.74. The fourth-order valence-corrected chi connectivity index (χ4v) is 3.66. The Hall–Kier alpha value is -3.19. The highest BCUT2D eigenvalue weighted by Gasteiger charge is 2.15. The van der Waals surface area contributed by atoms with Crippen molar-refractivity contribution in [1.29, 1.82) is 0 Å². The molecule has 0 fully saturated rings. The van der Waals surface area contributed by atoms with E-state index in [1.807, 2.05) is 6.92 Å². The molecule has 0 saturated carbocycles. The summed E-state index contributed by atoms with van der Waals surface area (Å²) in [6.07, 6.45) is 0. The Morgan fingerprint density at radius 3 is 2.26 bits per heavy atom. The van der Waals surface area contributed by atoms with E-state index in [1.54, 1.807) is 66.7 Å². The maximum absolute atomic E-state index is 12.4. The molecule has 1 aliphatic rings. The second-order valence-electron chi connectivity index (χ2n) is 6.06. The number of nitrogens with one attached hydrogen (secondary N) is 1. The number of anilines is 1. The van der Waals surface area contributed by atoms with Gasteiger partial charge in [0.25, 0.3) is 10.0 Å². The van der Waals surface area contributed by atoms with Crippen LogP contribution in [-0.2, 0) is 10.0 Å². The molecule has 7 heteroatoms. The Morgan fingerprint density at radius 2 is 1.52 bits per heavy atom. The number of hydrogen-bond donors (Lipinski definition) is 1. The molecule has 0 aromatic heterocycles. The molecule has 0 aliphatic carbocycles. The minimum Gasteiger partial charge on any atom is -0.457 e. The molecule has 0 radical (unpaired) electrons. The third kappa shape index (κ3) is 3.83. The van der Waals surface area contributed by atoms with Crippen molar-refractivity contribution in [3.8, 4) is 23.0 Å². The number of benzene rings is 3. The molecule has 0 bridgehead atoms. The van der Waals surface area contributed by atoms with Gasteiger partial charge in [-0.3, -0.25) is 4.72 Å². The van der Waals surface area contributed by atoms with Crippen molar-refractivity contribution in [2.24, 2.45) is 0 Å². The lowest BCUT2D eigenvalue weighted by atomic mass is 10.2. The average molecular weight is 383 g/mol. The molecule has 0 atom stereocenters. The zero-order valence-electron chi connectivity index (χ0n) is 14.5. The molecule has 3 aromatic rings. The molecular formula is C20H17NO5S. The fraction of sp³-hybridized carbons (Fsp3) is 0.100. The van der Waals surface area contributed by atoms with Crippen LogP contribution in [0.2, 0.25) is 0 Å². The second kappa shape index (κ2) is 6.85. The Bertz CT molecular complexity index is 1060. The van der Waals surface area contributed by atoms with Gasteiger partial charge in [0.1, 0.15) is 11.5 Å². The van der Waals surface area contributed by atoms with Crippen LogP contribution in [0.4, 0.5) is 5.69 Å². The minimum atomic E-state index is -3.63. The largest absolute Gasteiger partial charge is 0.457 e. The van der Waals surface area contributed by atoms with Crippen LogP contribution in [-0.4, -0.2) is 15.2 Å². The Balaban J connectivity index is 1.46. The van der Waals surface area contributed by atoms with E-state index in [2.05, 4.69) is 4.72 Å². The molecule has 1 aliphatic heterocycles. The SMILES string of the molecule is Cc1ccc(S(=O)(=O)Nc2ccc(Oc3ccc4c(c3)OCO4)cc2)cc1. The zero-order valence-corrected chi connectivity index (χ0v) is 15.3. The first-order valence-corrected chi connectivity index (χ1v) is 9.75. The van der Waals surface area contributed by atoms with E-state index in [0.717, 1.165) is 5.56 Å². The van der Waals surface area contributed by atoms with Crippen LogP contribution in [0.1, 0.15) is 5.56 Å². The van der Waals surface area contributed by atoms with Gasteiger partial charge in [-0.2, -0.15) is 0 Å². The van der Waals surface area contributed by atoms with Gasteiger partial charge in [0.05, 0.1) is 4.90 Å². The highest BCUT2D eigenvalue weighted by atomic mass is 32.2. The topological polar surface area (TPSA) is 73.9 Å². The molecule has 138 valence electrons. The minimum absolute atomic E-state index is 0.203. The number of sulfonamides is 1. The normalized spacial score (nSPS) is 12.6. The third-order valence-corrected chi connectivity index (χ3v) is 5.41. The van der Waals surface area contributed by atoms with Crippen molar-refractivity contribution < 1.29 is 22.6 Å². The summed E-state index contributed by atoms with van der Waals surface area (Å²) in [6.45, 7) is 2.11.